The lowest BCUT2D eigenvalue weighted by atomic mass is 9.90. The van der Waals surface area contributed by atoms with Gasteiger partial charge in [0.15, 0.2) is 0 Å². The number of fused-ring (bicyclic) bond motifs is 1. The number of rotatable bonds is 2. The lowest BCUT2D eigenvalue weighted by Gasteiger charge is -2.52. The quantitative estimate of drug-likeness (QED) is 0.743. The van der Waals surface area contributed by atoms with E-state index >= 15 is 0 Å². The third kappa shape index (κ3) is 2.46. The summed E-state index contributed by atoms with van der Waals surface area (Å²) in [5.41, 5.74) is 0. The van der Waals surface area contributed by atoms with Crippen LogP contribution in [0.1, 0.15) is 58.8 Å². The fourth-order valence-electron chi connectivity index (χ4n) is 4.48. The SMILES string of the molecule is CC(C)C1CN2CCCCC2CN1C1CCCC1. The van der Waals surface area contributed by atoms with Crippen LogP contribution in [0.25, 0.3) is 0 Å². The molecule has 2 nitrogen and oxygen atoms in total. The third-order valence-electron chi connectivity index (χ3n) is 5.58. The summed E-state index contributed by atoms with van der Waals surface area (Å²) in [5.74, 6) is 0.813. The van der Waals surface area contributed by atoms with E-state index in [1.54, 1.807) is 0 Å². The van der Waals surface area contributed by atoms with Crippen LogP contribution in [-0.4, -0.2) is 47.6 Å². The predicted octanol–water partition coefficient (Wildman–Crippen LogP) is 3.12. The van der Waals surface area contributed by atoms with Gasteiger partial charge >= 0.3 is 0 Å². The van der Waals surface area contributed by atoms with Crippen LogP contribution < -0.4 is 0 Å². The van der Waals surface area contributed by atoms with Gasteiger partial charge < -0.3 is 0 Å². The topological polar surface area (TPSA) is 6.48 Å². The molecule has 0 spiro atoms. The van der Waals surface area contributed by atoms with Gasteiger partial charge in [0.2, 0.25) is 0 Å². The van der Waals surface area contributed by atoms with E-state index in [9.17, 15) is 0 Å². The molecule has 104 valence electrons. The summed E-state index contributed by atoms with van der Waals surface area (Å²) < 4.78 is 0. The molecule has 2 saturated heterocycles. The molecule has 0 bridgehead atoms. The Bertz CT molecular complexity index is 270. The minimum absolute atomic E-state index is 0.813. The molecule has 3 aliphatic rings. The van der Waals surface area contributed by atoms with E-state index in [2.05, 4.69) is 23.6 Å². The van der Waals surface area contributed by atoms with Crippen molar-refractivity contribution in [2.75, 3.05) is 19.6 Å². The van der Waals surface area contributed by atoms with Crippen LogP contribution in [0.2, 0.25) is 0 Å². The smallest absolute Gasteiger partial charge is 0.0249 e. The molecule has 2 heteroatoms. The molecule has 2 unspecified atom stereocenters. The Morgan fingerprint density at radius 3 is 2.22 bits per heavy atom. The average Bonchev–Trinajstić information content (AvgIpc) is 2.91. The monoisotopic (exact) mass is 250 g/mol. The average molecular weight is 250 g/mol. The van der Waals surface area contributed by atoms with Crippen LogP contribution in [0.3, 0.4) is 0 Å². The minimum atomic E-state index is 0.813. The standard InChI is InChI=1S/C16H30N2/c1-13(2)16-12-17-10-6-5-9-15(17)11-18(16)14-7-3-4-8-14/h13-16H,3-12H2,1-2H3. The molecule has 2 heterocycles. The molecule has 2 atom stereocenters. The van der Waals surface area contributed by atoms with Crippen molar-refractivity contribution in [1.29, 1.82) is 0 Å². The van der Waals surface area contributed by atoms with Crippen molar-refractivity contribution >= 4 is 0 Å². The van der Waals surface area contributed by atoms with Gasteiger partial charge in [-0.25, -0.2) is 0 Å². The van der Waals surface area contributed by atoms with E-state index in [4.69, 9.17) is 0 Å². The van der Waals surface area contributed by atoms with Crippen LogP contribution in [0, 0.1) is 5.92 Å². The van der Waals surface area contributed by atoms with E-state index in [1.165, 1.54) is 64.6 Å². The van der Waals surface area contributed by atoms with Crippen molar-refractivity contribution < 1.29 is 0 Å². The molecule has 0 amide bonds. The molecule has 3 rings (SSSR count). The third-order valence-corrected chi connectivity index (χ3v) is 5.58. The zero-order valence-electron chi connectivity index (χ0n) is 12.3. The van der Waals surface area contributed by atoms with Gasteiger partial charge in [-0.2, -0.15) is 0 Å². The Hall–Kier alpha value is -0.0800. The molecule has 3 fully saturated rings. The lowest BCUT2D eigenvalue weighted by Crippen LogP contribution is -2.62. The van der Waals surface area contributed by atoms with Gasteiger partial charge in [0.05, 0.1) is 0 Å². The summed E-state index contributed by atoms with van der Waals surface area (Å²) in [6.07, 6.45) is 10.2. The number of piperazine rings is 1. The summed E-state index contributed by atoms with van der Waals surface area (Å²) in [6, 6.07) is 2.62. The first-order valence-corrected chi connectivity index (χ1v) is 8.25. The second kappa shape index (κ2) is 5.50. The Morgan fingerprint density at radius 1 is 0.833 bits per heavy atom. The fraction of sp³-hybridized carbons (Fsp3) is 1.00. The minimum Gasteiger partial charge on any atom is -0.298 e. The first-order valence-electron chi connectivity index (χ1n) is 8.25. The summed E-state index contributed by atoms with van der Waals surface area (Å²) in [5, 5.41) is 0. The Balaban J connectivity index is 1.72. The predicted molar refractivity (Wildman–Crippen MR) is 76.8 cm³/mol. The number of hydrogen-bond donors (Lipinski definition) is 0. The second-order valence-corrected chi connectivity index (χ2v) is 7.09. The first-order chi connectivity index (χ1) is 8.75. The zero-order valence-corrected chi connectivity index (χ0v) is 12.3. The molecular weight excluding hydrogens is 220 g/mol. The summed E-state index contributed by atoms with van der Waals surface area (Å²) in [7, 11) is 0. The van der Waals surface area contributed by atoms with E-state index in [1.807, 2.05) is 0 Å². The normalized spacial score (nSPS) is 36.2. The maximum atomic E-state index is 2.92. The van der Waals surface area contributed by atoms with Crippen LogP contribution in [0.5, 0.6) is 0 Å². The van der Waals surface area contributed by atoms with Gasteiger partial charge in [0, 0.05) is 31.2 Å². The van der Waals surface area contributed by atoms with Crippen LogP contribution in [0.15, 0.2) is 0 Å². The Kier molecular flexibility index (Phi) is 3.95. The van der Waals surface area contributed by atoms with Gasteiger partial charge in [-0.1, -0.05) is 33.1 Å². The highest BCUT2D eigenvalue weighted by Crippen LogP contribution is 2.33. The van der Waals surface area contributed by atoms with Crippen molar-refractivity contribution in [2.24, 2.45) is 5.92 Å². The maximum absolute atomic E-state index is 2.92. The molecule has 0 N–H and O–H groups in total. The van der Waals surface area contributed by atoms with Crippen LogP contribution in [0.4, 0.5) is 0 Å². The molecule has 1 aliphatic carbocycles. The molecule has 18 heavy (non-hydrogen) atoms. The van der Waals surface area contributed by atoms with Gasteiger partial charge in [0.25, 0.3) is 0 Å². The number of piperidine rings is 1. The zero-order chi connectivity index (χ0) is 12.5. The molecule has 1 saturated carbocycles. The molecule has 2 aliphatic heterocycles. The summed E-state index contributed by atoms with van der Waals surface area (Å²) in [6.45, 7) is 8.94. The fourth-order valence-corrected chi connectivity index (χ4v) is 4.48. The molecule has 0 radical (unpaired) electrons. The van der Waals surface area contributed by atoms with Gasteiger partial charge in [-0.05, 0) is 38.1 Å². The van der Waals surface area contributed by atoms with Crippen molar-refractivity contribution in [1.82, 2.24) is 9.80 Å². The summed E-state index contributed by atoms with van der Waals surface area (Å²) in [4.78, 5) is 5.73. The van der Waals surface area contributed by atoms with Crippen LogP contribution >= 0.6 is 0 Å². The van der Waals surface area contributed by atoms with Gasteiger partial charge in [-0.15, -0.1) is 0 Å². The lowest BCUT2D eigenvalue weighted by molar-refractivity contribution is -0.0286. The van der Waals surface area contributed by atoms with E-state index in [-0.39, 0.29) is 0 Å². The Morgan fingerprint density at radius 2 is 1.50 bits per heavy atom. The van der Waals surface area contributed by atoms with Crippen molar-refractivity contribution in [3.63, 3.8) is 0 Å². The van der Waals surface area contributed by atoms with Crippen molar-refractivity contribution in [3.05, 3.63) is 0 Å². The highest BCUT2D eigenvalue weighted by Gasteiger charge is 2.39. The molecule has 0 aromatic carbocycles. The van der Waals surface area contributed by atoms with E-state index in [0.29, 0.717) is 0 Å². The van der Waals surface area contributed by atoms with E-state index < -0.39 is 0 Å². The van der Waals surface area contributed by atoms with E-state index in [0.717, 1.165) is 24.0 Å². The van der Waals surface area contributed by atoms with Crippen molar-refractivity contribution in [2.45, 2.75) is 76.9 Å². The highest BCUT2D eigenvalue weighted by atomic mass is 15.3. The Labute approximate surface area is 113 Å². The highest BCUT2D eigenvalue weighted by molar-refractivity contribution is 4.95. The van der Waals surface area contributed by atoms with Crippen molar-refractivity contribution in [3.8, 4) is 0 Å². The maximum Gasteiger partial charge on any atom is 0.0249 e. The molecule has 0 aromatic heterocycles. The second-order valence-electron chi connectivity index (χ2n) is 7.09. The molecular formula is C16H30N2. The molecule has 0 aromatic rings. The number of hydrogen-bond acceptors (Lipinski definition) is 2. The largest absolute Gasteiger partial charge is 0.298 e. The van der Waals surface area contributed by atoms with Crippen LogP contribution in [-0.2, 0) is 0 Å². The first kappa shape index (κ1) is 12.9. The number of nitrogens with zero attached hydrogens (tertiary/aromatic N) is 2. The van der Waals surface area contributed by atoms with Gasteiger partial charge in [-0.3, -0.25) is 9.80 Å². The summed E-state index contributed by atoms with van der Waals surface area (Å²) >= 11 is 0. The van der Waals surface area contributed by atoms with Gasteiger partial charge in [0.1, 0.15) is 0 Å².